The number of hydrogen-bond acceptors (Lipinski definition) is 5. The van der Waals surface area contributed by atoms with Crippen LogP contribution in [0.2, 0.25) is 0 Å². The first-order valence-electron chi connectivity index (χ1n) is 22.4. The van der Waals surface area contributed by atoms with Gasteiger partial charge in [0.15, 0.2) is 0 Å². The molecule has 0 radical (unpaired) electrons. The molecule has 0 spiro atoms. The largest absolute Gasteiger partial charge is 0.458 e. The number of unbranched alkanes of at least 4 members (excludes halogenated alkanes) is 21. The van der Waals surface area contributed by atoms with Crippen molar-refractivity contribution in [2.45, 2.75) is 232 Å². The van der Waals surface area contributed by atoms with Crippen LogP contribution in [0.3, 0.4) is 0 Å². The number of rotatable bonds is 39. The van der Waals surface area contributed by atoms with Crippen LogP contribution in [0.1, 0.15) is 213 Å². The third-order valence-corrected chi connectivity index (χ3v) is 9.89. The van der Waals surface area contributed by atoms with E-state index in [4.69, 9.17) is 4.74 Å². The van der Waals surface area contributed by atoms with E-state index in [2.05, 4.69) is 62.5 Å². The number of allylic oxidation sites excluding steroid dienone is 7. The number of esters is 1. The van der Waals surface area contributed by atoms with Gasteiger partial charge in [-0.2, -0.15) is 0 Å². The van der Waals surface area contributed by atoms with Crippen LogP contribution < -0.4 is 5.32 Å². The van der Waals surface area contributed by atoms with Crippen LogP contribution in [0.15, 0.2) is 48.6 Å². The molecule has 0 saturated heterocycles. The number of ether oxygens (including phenoxy) is 1. The molecular weight excluding hydrogens is 659 g/mol. The number of carbonyl (C=O) groups excluding carboxylic acids is 2. The lowest BCUT2D eigenvalue weighted by Gasteiger charge is -2.23. The molecule has 0 bridgehead atoms. The Morgan fingerprint density at radius 3 is 1.58 bits per heavy atom. The number of amides is 1. The Hall–Kier alpha value is -2.18. The minimum absolute atomic E-state index is 0.0321. The SMILES string of the molecule is CC/C=C/C/C=C/CCCCCCCCCC(=O)OC(/C=C/C/C=C\CCCCCCCC)CC(=O)NC(CO)C(O)CCCCCCCCCCC. The van der Waals surface area contributed by atoms with Gasteiger partial charge >= 0.3 is 5.97 Å². The molecule has 6 nitrogen and oxygen atoms in total. The molecule has 0 fully saturated rings. The maximum atomic E-state index is 13.1. The molecule has 1 amide bonds. The van der Waals surface area contributed by atoms with Crippen molar-refractivity contribution in [1.29, 1.82) is 0 Å². The van der Waals surface area contributed by atoms with Crippen molar-refractivity contribution in [1.82, 2.24) is 5.32 Å². The predicted octanol–water partition coefficient (Wildman–Crippen LogP) is 12.7. The van der Waals surface area contributed by atoms with Crippen molar-refractivity contribution in [3.8, 4) is 0 Å². The Morgan fingerprint density at radius 2 is 1.06 bits per heavy atom. The molecule has 3 atom stereocenters. The van der Waals surface area contributed by atoms with Gasteiger partial charge in [-0.3, -0.25) is 9.59 Å². The number of aliphatic hydroxyl groups is 2. The van der Waals surface area contributed by atoms with Crippen molar-refractivity contribution in [2.24, 2.45) is 0 Å². The van der Waals surface area contributed by atoms with E-state index in [1.165, 1.54) is 103 Å². The fourth-order valence-electron chi connectivity index (χ4n) is 6.49. The summed E-state index contributed by atoms with van der Waals surface area (Å²) >= 11 is 0. The highest BCUT2D eigenvalue weighted by Crippen LogP contribution is 2.15. The molecule has 0 aromatic rings. The number of hydrogen-bond donors (Lipinski definition) is 3. The summed E-state index contributed by atoms with van der Waals surface area (Å²) in [6, 6.07) is -0.730. The van der Waals surface area contributed by atoms with Gasteiger partial charge in [-0.1, -0.05) is 185 Å². The number of nitrogens with one attached hydrogen (secondary N) is 1. The summed E-state index contributed by atoms with van der Waals surface area (Å²) in [6.07, 6.45) is 47.8. The summed E-state index contributed by atoms with van der Waals surface area (Å²) in [7, 11) is 0. The van der Waals surface area contributed by atoms with Gasteiger partial charge in [-0.25, -0.2) is 0 Å². The van der Waals surface area contributed by atoms with E-state index < -0.39 is 18.2 Å². The average Bonchev–Trinajstić information content (AvgIpc) is 3.15. The second-order valence-corrected chi connectivity index (χ2v) is 15.1. The van der Waals surface area contributed by atoms with Crippen LogP contribution in [0.4, 0.5) is 0 Å². The maximum absolute atomic E-state index is 13.1. The van der Waals surface area contributed by atoms with Crippen molar-refractivity contribution in [3.63, 3.8) is 0 Å². The monoisotopic (exact) mass is 744 g/mol. The first-order valence-corrected chi connectivity index (χ1v) is 22.4. The Kier molecular flexibility index (Phi) is 39.3. The standard InChI is InChI=1S/C47H85NO5/c1-4-7-10-13-16-19-21-22-23-25-28-31-34-37-40-47(52)53-43(38-35-32-29-27-24-20-17-14-11-8-5-2)41-46(51)48-44(42-49)45(50)39-36-33-30-26-18-15-12-9-6-3/h7,10,16,19,27,29,35,38,43-45,49-50H,4-6,8-9,11-15,17-18,20-26,28,30-34,36-37,39-42H2,1-3H3,(H,48,51)/b10-7+,19-16+,29-27-,38-35+. The highest BCUT2D eigenvalue weighted by Gasteiger charge is 2.23. The van der Waals surface area contributed by atoms with Crippen molar-refractivity contribution in [3.05, 3.63) is 48.6 Å². The first kappa shape index (κ1) is 50.8. The van der Waals surface area contributed by atoms with Gasteiger partial charge in [0.2, 0.25) is 5.91 Å². The summed E-state index contributed by atoms with van der Waals surface area (Å²) in [5, 5.41) is 23.5. The molecule has 3 unspecified atom stereocenters. The predicted molar refractivity (Wildman–Crippen MR) is 227 cm³/mol. The van der Waals surface area contributed by atoms with E-state index in [-0.39, 0.29) is 24.9 Å². The fraction of sp³-hybridized carbons (Fsp3) is 0.787. The molecule has 0 aromatic heterocycles. The summed E-state index contributed by atoms with van der Waals surface area (Å²) in [4.78, 5) is 25.9. The van der Waals surface area contributed by atoms with E-state index in [0.29, 0.717) is 12.8 Å². The Morgan fingerprint density at radius 1 is 0.585 bits per heavy atom. The number of aliphatic hydroxyl groups excluding tert-OH is 2. The van der Waals surface area contributed by atoms with Crippen LogP contribution in [0.5, 0.6) is 0 Å². The third kappa shape index (κ3) is 36.6. The van der Waals surface area contributed by atoms with Crippen molar-refractivity contribution >= 4 is 11.9 Å². The Bertz CT molecular complexity index is 926. The zero-order valence-corrected chi connectivity index (χ0v) is 34.9. The molecule has 0 rings (SSSR count). The molecule has 308 valence electrons. The lowest BCUT2D eigenvalue weighted by atomic mass is 10.0. The highest BCUT2D eigenvalue weighted by atomic mass is 16.5. The van der Waals surface area contributed by atoms with Gasteiger partial charge in [-0.05, 0) is 63.9 Å². The van der Waals surface area contributed by atoms with Crippen LogP contribution in [-0.4, -0.2) is 46.9 Å². The summed E-state index contributed by atoms with van der Waals surface area (Å²) in [5.41, 5.74) is 0. The van der Waals surface area contributed by atoms with Gasteiger partial charge in [-0.15, -0.1) is 0 Å². The second-order valence-electron chi connectivity index (χ2n) is 15.1. The van der Waals surface area contributed by atoms with Gasteiger partial charge in [0.25, 0.3) is 0 Å². The fourth-order valence-corrected chi connectivity index (χ4v) is 6.49. The Labute approximate surface area is 327 Å². The minimum Gasteiger partial charge on any atom is -0.458 e. The van der Waals surface area contributed by atoms with E-state index in [0.717, 1.165) is 70.6 Å². The molecule has 0 aliphatic heterocycles. The molecule has 53 heavy (non-hydrogen) atoms. The lowest BCUT2D eigenvalue weighted by molar-refractivity contribution is -0.148. The zero-order valence-electron chi connectivity index (χ0n) is 34.9. The maximum Gasteiger partial charge on any atom is 0.306 e. The summed E-state index contributed by atoms with van der Waals surface area (Å²) in [5.74, 6) is -0.615. The van der Waals surface area contributed by atoms with Crippen LogP contribution >= 0.6 is 0 Å². The quantitative estimate of drug-likeness (QED) is 0.0331. The molecule has 0 heterocycles. The average molecular weight is 744 g/mol. The summed E-state index contributed by atoms with van der Waals surface area (Å²) in [6.45, 7) is 6.30. The second kappa shape index (κ2) is 41.0. The minimum atomic E-state index is -0.809. The molecule has 0 saturated carbocycles. The van der Waals surface area contributed by atoms with E-state index in [1.54, 1.807) is 0 Å². The van der Waals surface area contributed by atoms with Gasteiger partial charge < -0.3 is 20.3 Å². The molecule has 0 aliphatic rings. The third-order valence-electron chi connectivity index (χ3n) is 9.89. The molecule has 6 heteroatoms. The molecule has 0 aliphatic carbocycles. The number of carbonyl (C=O) groups is 2. The molecule has 0 aromatic carbocycles. The van der Waals surface area contributed by atoms with E-state index in [1.807, 2.05) is 12.2 Å². The summed E-state index contributed by atoms with van der Waals surface area (Å²) < 4.78 is 5.79. The van der Waals surface area contributed by atoms with Crippen LogP contribution in [-0.2, 0) is 14.3 Å². The normalized spacial score (nSPS) is 13.8. The highest BCUT2D eigenvalue weighted by molar-refractivity contribution is 5.78. The van der Waals surface area contributed by atoms with Gasteiger partial charge in [0.1, 0.15) is 6.10 Å². The van der Waals surface area contributed by atoms with Crippen LogP contribution in [0, 0.1) is 0 Å². The van der Waals surface area contributed by atoms with Gasteiger partial charge in [0.05, 0.1) is 25.2 Å². The lowest BCUT2D eigenvalue weighted by Crippen LogP contribution is -2.46. The zero-order chi connectivity index (χ0) is 38.9. The topological polar surface area (TPSA) is 95.9 Å². The van der Waals surface area contributed by atoms with Crippen LogP contribution in [0.25, 0.3) is 0 Å². The van der Waals surface area contributed by atoms with E-state index >= 15 is 0 Å². The smallest absolute Gasteiger partial charge is 0.306 e. The van der Waals surface area contributed by atoms with Gasteiger partial charge in [0, 0.05) is 6.42 Å². The van der Waals surface area contributed by atoms with E-state index in [9.17, 15) is 19.8 Å². The molecule has 3 N–H and O–H groups in total. The van der Waals surface area contributed by atoms with Crippen molar-refractivity contribution in [2.75, 3.05) is 6.61 Å². The Balaban J connectivity index is 4.68. The molecular formula is C47H85NO5. The first-order chi connectivity index (χ1) is 26.0. The van der Waals surface area contributed by atoms with Crippen molar-refractivity contribution < 1.29 is 24.5 Å².